The Kier molecular flexibility index (Phi) is 3.42. The average molecular weight is 286 g/mol. The van der Waals surface area contributed by atoms with Crippen LogP contribution in [0, 0.1) is 5.41 Å². The van der Waals surface area contributed by atoms with Gasteiger partial charge >= 0.3 is 0 Å². The average Bonchev–Trinajstić information content (AvgIpc) is 3.11. The minimum absolute atomic E-state index is 0.0265. The van der Waals surface area contributed by atoms with Gasteiger partial charge in [0.05, 0.1) is 11.1 Å². The van der Waals surface area contributed by atoms with Gasteiger partial charge in [-0.3, -0.25) is 4.79 Å². The molecule has 1 aliphatic rings. The van der Waals surface area contributed by atoms with Crippen molar-refractivity contribution in [1.82, 2.24) is 20.2 Å². The third kappa shape index (κ3) is 2.52. The summed E-state index contributed by atoms with van der Waals surface area (Å²) in [6.07, 6.45) is 4.23. The van der Waals surface area contributed by atoms with Gasteiger partial charge in [0.2, 0.25) is 5.91 Å². The Balaban J connectivity index is 1.79. The van der Waals surface area contributed by atoms with Crippen LogP contribution < -0.4 is 11.1 Å². The Bertz CT molecular complexity index is 641. The Hall–Kier alpha value is -2.28. The van der Waals surface area contributed by atoms with Gasteiger partial charge in [-0.25, -0.2) is 4.68 Å². The normalized spacial score (nSPS) is 25.0. The SMILES string of the molecule is CC1(C(=O)Nc2cccc(-n3cnnn3)c2)CCCC1N. The molecule has 0 spiro atoms. The molecule has 0 aliphatic heterocycles. The van der Waals surface area contributed by atoms with Gasteiger partial charge in [-0.1, -0.05) is 12.5 Å². The van der Waals surface area contributed by atoms with Crippen LogP contribution in [-0.2, 0) is 4.79 Å². The lowest BCUT2D eigenvalue weighted by Gasteiger charge is -2.27. The molecule has 0 saturated heterocycles. The number of nitrogens with two attached hydrogens (primary N) is 1. The van der Waals surface area contributed by atoms with Crippen molar-refractivity contribution in [3.05, 3.63) is 30.6 Å². The number of anilines is 1. The summed E-state index contributed by atoms with van der Waals surface area (Å²) in [5.74, 6) is -0.0265. The Morgan fingerprint density at radius 3 is 3.05 bits per heavy atom. The molecule has 7 heteroatoms. The van der Waals surface area contributed by atoms with Crippen LogP contribution in [0.3, 0.4) is 0 Å². The van der Waals surface area contributed by atoms with E-state index in [1.807, 2.05) is 31.2 Å². The van der Waals surface area contributed by atoms with E-state index in [-0.39, 0.29) is 11.9 Å². The largest absolute Gasteiger partial charge is 0.327 e. The van der Waals surface area contributed by atoms with Crippen molar-refractivity contribution in [2.24, 2.45) is 11.1 Å². The van der Waals surface area contributed by atoms with Crippen LogP contribution in [0.1, 0.15) is 26.2 Å². The third-order valence-corrected chi connectivity index (χ3v) is 4.27. The highest BCUT2D eigenvalue weighted by molar-refractivity contribution is 5.96. The van der Waals surface area contributed by atoms with Gasteiger partial charge in [0, 0.05) is 11.7 Å². The summed E-state index contributed by atoms with van der Waals surface area (Å²) in [4.78, 5) is 12.5. The first kappa shape index (κ1) is 13.7. The zero-order chi connectivity index (χ0) is 14.9. The second-order valence-corrected chi connectivity index (χ2v) is 5.68. The number of amides is 1. The first-order valence-corrected chi connectivity index (χ1v) is 7.00. The molecule has 1 aromatic heterocycles. The number of benzene rings is 1. The maximum absolute atomic E-state index is 12.5. The van der Waals surface area contributed by atoms with Crippen molar-refractivity contribution in [3.8, 4) is 5.69 Å². The molecule has 2 unspecified atom stereocenters. The van der Waals surface area contributed by atoms with Gasteiger partial charge in [-0.15, -0.1) is 5.10 Å². The monoisotopic (exact) mass is 286 g/mol. The van der Waals surface area contributed by atoms with E-state index in [0.717, 1.165) is 24.9 Å². The topological polar surface area (TPSA) is 98.7 Å². The van der Waals surface area contributed by atoms with E-state index in [1.165, 1.54) is 6.33 Å². The fourth-order valence-corrected chi connectivity index (χ4v) is 2.75. The van der Waals surface area contributed by atoms with Crippen LogP contribution in [0.5, 0.6) is 0 Å². The smallest absolute Gasteiger partial charge is 0.231 e. The summed E-state index contributed by atoms with van der Waals surface area (Å²) in [5.41, 5.74) is 7.09. The minimum Gasteiger partial charge on any atom is -0.327 e. The lowest BCUT2D eigenvalue weighted by Crippen LogP contribution is -2.44. The number of hydrogen-bond acceptors (Lipinski definition) is 5. The van der Waals surface area contributed by atoms with Crippen LogP contribution >= 0.6 is 0 Å². The molecule has 1 amide bonds. The number of aromatic nitrogens is 4. The third-order valence-electron chi connectivity index (χ3n) is 4.27. The molecular formula is C14H18N6O. The van der Waals surface area contributed by atoms with Gasteiger partial charge in [0.25, 0.3) is 0 Å². The molecule has 2 aromatic rings. The van der Waals surface area contributed by atoms with Crippen LogP contribution in [0.15, 0.2) is 30.6 Å². The van der Waals surface area contributed by atoms with Crippen LogP contribution in [0.4, 0.5) is 5.69 Å². The Morgan fingerprint density at radius 2 is 2.38 bits per heavy atom. The van der Waals surface area contributed by atoms with E-state index in [9.17, 15) is 4.79 Å². The predicted molar refractivity (Wildman–Crippen MR) is 77.7 cm³/mol. The van der Waals surface area contributed by atoms with E-state index in [1.54, 1.807) is 4.68 Å². The molecule has 1 aliphatic carbocycles. The number of hydrogen-bond donors (Lipinski definition) is 2. The molecule has 0 radical (unpaired) electrons. The Labute approximate surface area is 122 Å². The number of rotatable bonds is 3. The lowest BCUT2D eigenvalue weighted by molar-refractivity contribution is -0.125. The highest BCUT2D eigenvalue weighted by atomic mass is 16.2. The molecule has 3 rings (SSSR count). The summed E-state index contributed by atoms with van der Waals surface area (Å²) in [5, 5.41) is 14.0. The van der Waals surface area contributed by atoms with Crippen molar-refractivity contribution in [3.63, 3.8) is 0 Å². The number of carbonyl (C=O) groups excluding carboxylic acids is 1. The standard InChI is InChI=1S/C14H18N6O/c1-14(7-3-6-12(14)15)13(21)17-10-4-2-5-11(8-10)20-9-16-18-19-20/h2,4-5,8-9,12H,3,6-7,15H2,1H3,(H,17,21). The van der Waals surface area contributed by atoms with Gasteiger partial charge in [0.15, 0.2) is 0 Å². The summed E-state index contributed by atoms with van der Waals surface area (Å²) >= 11 is 0. The van der Waals surface area contributed by atoms with Crippen molar-refractivity contribution in [2.45, 2.75) is 32.2 Å². The molecule has 110 valence electrons. The van der Waals surface area contributed by atoms with Gasteiger partial charge in [-0.2, -0.15) is 0 Å². The van der Waals surface area contributed by atoms with Gasteiger partial charge in [-0.05, 0) is 48.4 Å². The molecule has 3 N–H and O–H groups in total. The lowest BCUT2D eigenvalue weighted by atomic mass is 9.84. The maximum atomic E-state index is 12.5. The van der Waals surface area contributed by atoms with Crippen molar-refractivity contribution >= 4 is 11.6 Å². The summed E-state index contributed by atoms with van der Waals surface area (Å²) in [7, 11) is 0. The van der Waals surface area contributed by atoms with E-state index in [4.69, 9.17) is 5.73 Å². The van der Waals surface area contributed by atoms with E-state index in [2.05, 4.69) is 20.8 Å². The maximum Gasteiger partial charge on any atom is 0.231 e. The molecular weight excluding hydrogens is 268 g/mol. The quantitative estimate of drug-likeness (QED) is 0.881. The summed E-state index contributed by atoms with van der Waals surface area (Å²) in [6, 6.07) is 7.31. The molecule has 1 heterocycles. The minimum atomic E-state index is -0.495. The fraction of sp³-hybridized carbons (Fsp3) is 0.429. The van der Waals surface area contributed by atoms with Crippen molar-refractivity contribution < 1.29 is 4.79 Å². The van der Waals surface area contributed by atoms with Crippen LogP contribution in [0.25, 0.3) is 5.69 Å². The molecule has 0 bridgehead atoms. The van der Waals surface area contributed by atoms with Crippen LogP contribution in [-0.4, -0.2) is 32.2 Å². The predicted octanol–water partition coefficient (Wildman–Crippen LogP) is 1.12. The zero-order valence-corrected chi connectivity index (χ0v) is 11.9. The highest BCUT2D eigenvalue weighted by Crippen LogP contribution is 2.37. The molecule has 7 nitrogen and oxygen atoms in total. The number of nitrogens with one attached hydrogen (secondary N) is 1. The van der Waals surface area contributed by atoms with E-state index < -0.39 is 5.41 Å². The number of tetrazole rings is 1. The zero-order valence-electron chi connectivity index (χ0n) is 11.9. The van der Waals surface area contributed by atoms with E-state index >= 15 is 0 Å². The van der Waals surface area contributed by atoms with Crippen molar-refractivity contribution in [2.75, 3.05) is 5.32 Å². The molecule has 2 atom stereocenters. The first-order valence-electron chi connectivity index (χ1n) is 7.00. The number of nitrogens with zero attached hydrogens (tertiary/aromatic N) is 4. The van der Waals surface area contributed by atoms with Gasteiger partial charge < -0.3 is 11.1 Å². The number of carbonyl (C=O) groups is 1. The summed E-state index contributed by atoms with van der Waals surface area (Å²) in [6.45, 7) is 1.94. The molecule has 21 heavy (non-hydrogen) atoms. The molecule has 1 saturated carbocycles. The van der Waals surface area contributed by atoms with E-state index in [0.29, 0.717) is 5.69 Å². The first-order chi connectivity index (χ1) is 10.1. The summed E-state index contributed by atoms with van der Waals surface area (Å²) < 4.78 is 1.54. The fourth-order valence-electron chi connectivity index (χ4n) is 2.75. The molecule has 1 fully saturated rings. The van der Waals surface area contributed by atoms with Gasteiger partial charge in [0.1, 0.15) is 6.33 Å². The second kappa shape index (κ2) is 5.25. The second-order valence-electron chi connectivity index (χ2n) is 5.68. The van der Waals surface area contributed by atoms with Crippen molar-refractivity contribution in [1.29, 1.82) is 0 Å². The molecule has 1 aromatic carbocycles. The van der Waals surface area contributed by atoms with Crippen LogP contribution in [0.2, 0.25) is 0 Å². The highest BCUT2D eigenvalue weighted by Gasteiger charge is 2.42. The Morgan fingerprint density at radius 1 is 1.52 bits per heavy atom.